The van der Waals surface area contributed by atoms with Gasteiger partial charge in [-0.3, -0.25) is 4.79 Å². The average molecular weight is 299 g/mol. The Morgan fingerprint density at radius 2 is 1.57 bits per heavy atom. The van der Waals surface area contributed by atoms with E-state index in [-0.39, 0.29) is 5.91 Å². The van der Waals surface area contributed by atoms with Gasteiger partial charge in [0.1, 0.15) is 0 Å². The molecule has 1 amide bonds. The van der Waals surface area contributed by atoms with Crippen LogP contribution in [0.5, 0.6) is 0 Å². The maximum Gasteiger partial charge on any atom is 0.258 e. The minimum absolute atomic E-state index is 0.0922. The van der Waals surface area contributed by atoms with Gasteiger partial charge in [-0.25, -0.2) is 0 Å². The number of carbonyl (C=O) groups excluding carboxylic acids is 1. The van der Waals surface area contributed by atoms with E-state index < -0.39 is 0 Å². The molecule has 0 radical (unpaired) electrons. The molecule has 2 heteroatoms. The van der Waals surface area contributed by atoms with Gasteiger partial charge in [0, 0.05) is 17.7 Å². The largest absolute Gasteiger partial charge is 0.308 e. The van der Waals surface area contributed by atoms with Gasteiger partial charge in [-0.2, -0.15) is 0 Å². The zero-order valence-electron chi connectivity index (χ0n) is 13.0. The van der Waals surface area contributed by atoms with Gasteiger partial charge in [-0.05, 0) is 35.4 Å². The fraction of sp³-hybridized carbons (Fsp3) is 0.0952. The molecule has 0 bridgehead atoms. The van der Waals surface area contributed by atoms with Crippen LogP contribution in [0.25, 0.3) is 22.5 Å². The third-order valence-electron chi connectivity index (χ3n) is 4.40. The third kappa shape index (κ3) is 2.15. The van der Waals surface area contributed by atoms with Crippen molar-refractivity contribution in [3.63, 3.8) is 0 Å². The fourth-order valence-corrected chi connectivity index (χ4v) is 3.29. The van der Waals surface area contributed by atoms with Gasteiger partial charge in [0.2, 0.25) is 0 Å². The standard InChI is InChI=1S/C21H17NO/c1-2-22-20(18-12-5-6-13-19(18)21(22)23)14-16-10-7-9-15-8-3-4-11-17(15)16/h3-14H,2H2,1H3/b20-14-. The van der Waals surface area contributed by atoms with E-state index in [1.54, 1.807) is 0 Å². The molecule has 3 aromatic carbocycles. The Bertz CT molecular complexity index is 934. The van der Waals surface area contributed by atoms with Gasteiger partial charge < -0.3 is 4.90 Å². The first-order valence-electron chi connectivity index (χ1n) is 7.90. The zero-order valence-corrected chi connectivity index (χ0v) is 13.0. The number of fused-ring (bicyclic) bond motifs is 2. The minimum Gasteiger partial charge on any atom is -0.308 e. The summed E-state index contributed by atoms with van der Waals surface area (Å²) in [6.45, 7) is 2.69. The summed E-state index contributed by atoms with van der Waals surface area (Å²) < 4.78 is 0. The molecule has 0 unspecified atom stereocenters. The molecule has 3 aromatic rings. The lowest BCUT2D eigenvalue weighted by atomic mass is 10.0. The van der Waals surface area contributed by atoms with Crippen LogP contribution >= 0.6 is 0 Å². The van der Waals surface area contributed by atoms with Gasteiger partial charge in [0.15, 0.2) is 0 Å². The van der Waals surface area contributed by atoms with Gasteiger partial charge >= 0.3 is 0 Å². The molecule has 0 N–H and O–H groups in total. The van der Waals surface area contributed by atoms with Crippen LogP contribution in [0.3, 0.4) is 0 Å². The second-order valence-electron chi connectivity index (χ2n) is 5.69. The Labute approximate surface area is 135 Å². The highest BCUT2D eigenvalue weighted by Gasteiger charge is 2.30. The predicted molar refractivity (Wildman–Crippen MR) is 95.0 cm³/mol. The molecular formula is C21H17NO. The first-order chi connectivity index (χ1) is 11.3. The van der Waals surface area contributed by atoms with Crippen LogP contribution in [0.2, 0.25) is 0 Å². The number of benzene rings is 3. The van der Waals surface area contributed by atoms with Gasteiger partial charge in [-0.15, -0.1) is 0 Å². The maximum atomic E-state index is 12.6. The van der Waals surface area contributed by atoms with Crippen molar-refractivity contribution in [1.82, 2.24) is 4.90 Å². The molecule has 4 rings (SSSR count). The van der Waals surface area contributed by atoms with Crippen LogP contribution in [0.1, 0.15) is 28.4 Å². The minimum atomic E-state index is 0.0922. The van der Waals surface area contributed by atoms with Crippen molar-refractivity contribution in [2.75, 3.05) is 6.54 Å². The molecule has 112 valence electrons. The number of hydrogen-bond donors (Lipinski definition) is 0. The van der Waals surface area contributed by atoms with Crippen LogP contribution in [-0.2, 0) is 0 Å². The summed E-state index contributed by atoms with van der Waals surface area (Å²) in [6, 6.07) is 22.5. The predicted octanol–water partition coefficient (Wildman–Crippen LogP) is 4.81. The lowest BCUT2D eigenvalue weighted by molar-refractivity contribution is 0.0856. The highest BCUT2D eigenvalue weighted by Crippen LogP contribution is 2.34. The molecule has 0 aromatic heterocycles. The van der Waals surface area contributed by atoms with Gasteiger partial charge in [0.05, 0.1) is 5.70 Å². The van der Waals surface area contributed by atoms with Crippen molar-refractivity contribution in [2.24, 2.45) is 0 Å². The van der Waals surface area contributed by atoms with Crippen LogP contribution in [0.4, 0.5) is 0 Å². The molecule has 0 aliphatic carbocycles. The Morgan fingerprint density at radius 1 is 0.870 bits per heavy atom. The fourth-order valence-electron chi connectivity index (χ4n) is 3.29. The Morgan fingerprint density at radius 3 is 2.39 bits per heavy atom. The molecule has 0 fully saturated rings. The SMILES string of the molecule is CCN1C(=O)c2ccccc2/C1=C/c1cccc2ccccc12. The molecular weight excluding hydrogens is 282 g/mol. The molecule has 0 atom stereocenters. The topological polar surface area (TPSA) is 20.3 Å². The van der Waals surface area contributed by atoms with Crippen LogP contribution in [0, 0.1) is 0 Å². The Kier molecular flexibility index (Phi) is 3.23. The monoisotopic (exact) mass is 299 g/mol. The van der Waals surface area contributed by atoms with Crippen molar-refractivity contribution < 1.29 is 4.79 Å². The Balaban J connectivity index is 1.94. The second-order valence-corrected chi connectivity index (χ2v) is 5.69. The van der Waals surface area contributed by atoms with Crippen LogP contribution in [0.15, 0.2) is 66.7 Å². The second kappa shape index (κ2) is 5.40. The number of nitrogens with zero attached hydrogens (tertiary/aromatic N) is 1. The molecule has 1 heterocycles. The van der Waals surface area contributed by atoms with Crippen molar-refractivity contribution >= 4 is 28.5 Å². The molecule has 23 heavy (non-hydrogen) atoms. The number of carbonyl (C=O) groups is 1. The van der Waals surface area contributed by atoms with Crippen molar-refractivity contribution in [2.45, 2.75) is 6.92 Å². The molecule has 0 saturated heterocycles. The van der Waals surface area contributed by atoms with E-state index in [0.29, 0.717) is 6.54 Å². The first-order valence-corrected chi connectivity index (χ1v) is 7.90. The zero-order chi connectivity index (χ0) is 15.8. The van der Waals surface area contributed by atoms with E-state index in [1.165, 1.54) is 10.8 Å². The van der Waals surface area contributed by atoms with E-state index in [1.807, 2.05) is 42.2 Å². The van der Waals surface area contributed by atoms with E-state index in [0.717, 1.165) is 22.4 Å². The quantitative estimate of drug-likeness (QED) is 0.664. The normalized spacial score (nSPS) is 15.4. The maximum absolute atomic E-state index is 12.6. The number of rotatable bonds is 2. The molecule has 1 aliphatic rings. The molecule has 0 saturated carbocycles. The molecule has 1 aliphatic heterocycles. The average Bonchev–Trinajstić information content (AvgIpc) is 2.87. The highest BCUT2D eigenvalue weighted by atomic mass is 16.2. The summed E-state index contributed by atoms with van der Waals surface area (Å²) in [6.07, 6.45) is 2.13. The van der Waals surface area contributed by atoms with Gasteiger partial charge in [0.25, 0.3) is 5.91 Å². The smallest absolute Gasteiger partial charge is 0.258 e. The van der Waals surface area contributed by atoms with E-state index >= 15 is 0 Å². The third-order valence-corrected chi connectivity index (χ3v) is 4.40. The lowest BCUT2D eigenvalue weighted by Crippen LogP contribution is -2.22. The summed E-state index contributed by atoms with van der Waals surface area (Å²) in [5.41, 5.74) is 3.94. The number of amides is 1. The molecule has 0 spiro atoms. The molecule has 2 nitrogen and oxygen atoms in total. The van der Waals surface area contributed by atoms with Crippen LogP contribution in [-0.4, -0.2) is 17.4 Å². The summed E-state index contributed by atoms with van der Waals surface area (Å²) >= 11 is 0. The van der Waals surface area contributed by atoms with Crippen LogP contribution < -0.4 is 0 Å². The summed E-state index contributed by atoms with van der Waals surface area (Å²) in [5.74, 6) is 0.0922. The van der Waals surface area contributed by atoms with E-state index in [9.17, 15) is 4.79 Å². The van der Waals surface area contributed by atoms with Crippen molar-refractivity contribution in [3.8, 4) is 0 Å². The summed E-state index contributed by atoms with van der Waals surface area (Å²) in [5, 5.41) is 2.41. The number of hydrogen-bond acceptors (Lipinski definition) is 1. The van der Waals surface area contributed by atoms with Crippen molar-refractivity contribution in [1.29, 1.82) is 0 Å². The lowest BCUT2D eigenvalue weighted by Gasteiger charge is -2.16. The van der Waals surface area contributed by atoms with Gasteiger partial charge in [-0.1, -0.05) is 60.7 Å². The van der Waals surface area contributed by atoms with E-state index in [2.05, 4.69) is 42.5 Å². The summed E-state index contributed by atoms with van der Waals surface area (Å²) in [4.78, 5) is 14.4. The highest BCUT2D eigenvalue weighted by molar-refractivity contribution is 6.12. The first kappa shape index (κ1) is 13.8. The Hall–Kier alpha value is -2.87. The van der Waals surface area contributed by atoms with E-state index in [4.69, 9.17) is 0 Å². The summed E-state index contributed by atoms with van der Waals surface area (Å²) in [7, 11) is 0. The van der Waals surface area contributed by atoms with Crippen molar-refractivity contribution in [3.05, 3.63) is 83.4 Å².